The van der Waals surface area contributed by atoms with Gasteiger partial charge in [-0.25, -0.2) is 17.9 Å². The zero-order valence-electron chi connectivity index (χ0n) is 9.82. The molecule has 0 saturated heterocycles. The maximum absolute atomic E-state index is 13.6. The molecule has 0 unspecified atom stereocenters. The lowest BCUT2D eigenvalue weighted by atomic mass is 10.2. The molecule has 8 heteroatoms. The van der Waals surface area contributed by atoms with Crippen molar-refractivity contribution in [3.63, 3.8) is 0 Å². The van der Waals surface area contributed by atoms with Crippen LogP contribution in [0.4, 0.5) is 4.39 Å². The third kappa shape index (κ3) is 3.52. The number of primary sulfonamides is 1. The van der Waals surface area contributed by atoms with Crippen molar-refractivity contribution in [3.8, 4) is 0 Å². The monoisotopic (exact) mass is 350 g/mol. The SMILES string of the molecule is NS(=O)(=O)c1cc(C(=O)NCC2CC2)cc(F)c1Br. The van der Waals surface area contributed by atoms with E-state index in [2.05, 4.69) is 21.2 Å². The van der Waals surface area contributed by atoms with Crippen molar-refractivity contribution >= 4 is 31.9 Å². The van der Waals surface area contributed by atoms with E-state index in [-0.39, 0.29) is 10.0 Å². The van der Waals surface area contributed by atoms with Crippen LogP contribution in [0, 0.1) is 11.7 Å². The lowest BCUT2D eigenvalue weighted by Gasteiger charge is -2.08. The van der Waals surface area contributed by atoms with Crippen molar-refractivity contribution in [1.29, 1.82) is 0 Å². The molecule has 0 aliphatic heterocycles. The lowest BCUT2D eigenvalue weighted by molar-refractivity contribution is 0.0951. The number of sulfonamides is 1. The average molecular weight is 351 g/mol. The Labute approximate surface area is 118 Å². The minimum Gasteiger partial charge on any atom is -0.352 e. The molecule has 0 radical (unpaired) electrons. The number of amides is 1. The summed E-state index contributed by atoms with van der Waals surface area (Å²) in [6.07, 6.45) is 2.13. The van der Waals surface area contributed by atoms with E-state index in [1.807, 2.05) is 0 Å². The van der Waals surface area contributed by atoms with Crippen molar-refractivity contribution < 1.29 is 17.6 Å². The van der Waals surface area contributed by atoms with E-state index in [9.17, 15) is 17.6 Å². The number of benzene rings is 1. The van der Waals surface area contributed by atoms with Gasteiger partial charge in [-0.15, -0.1) is 0 Å². The van der Waals surface area contributed by atoms with Crippen molar-refractivity contribution in [2.24, 2.45) is 11.1 Å². The number of hydrogen-bond donors (Lipinski definition) is 2. The van der Waals surface area contributed by atoms with Crippen LogP contribution in [0.3, 0.4) is 0 Å². The summed E-state index contributed by atoms with van der Waals surface area (Å²) in [7, 11) is -4.10. The van der Waals surface area contributed by atoms with Crippen LogP contribution in [0.5, 0.6) is 0 Å². The van der Waals surface area contributed by atoms with Crippen molar-refractivity contribution in [3.05, 3.63) is 28.0 Å². The second-order valence-corrected chi connectivity index (χ2v) is 6.79. The van der Waals surface area contributed by atoms with E-state index in [0.29, 0.717) is 12.5 Å². The van der Waals surface area contributed by atoms with Gasteiger partial charge in [0.15, 0.2) is 0 Å². The number of hydrogen-bond acceptors (Lipinski definition) is 3. The van der Waals surface area contributed by atoms with E-state index in [0.717, 1.165) is 25.0 Å². The van der Waals surface area contributed by atoms with Gasteiger partial charge in [0.1, 0.15) is 5.82 Å². The number of nitrogens with one attached hydrogen (secondary N) is 1. The van der Waals surface area contributed by atoms with Crippen molar-refractivity contribution in [1.82, 2.24) is 5.32 Å². The van der Waals surface area contributed by atoms with E-state index in [1.165, 1.54) is 0 Å². The largest absolute Gasteiger partial charge is 0.352 e. The molecule has 104 valence electrons. The van der Waals surface area contributed by atoms with Crippen LogP contribution >= 0.6 is 15.9 Å². The second-order valence-electron chi connectivity index (χ2n) is 4.47. The van der Waals surface area contributed by atoms with Gasteiger partial charge in [-0.05, 0) is 46.8 Å². The Morgan fingerprint density at radius 2 is 2.11 bits per heavy atom. The maximum Gasteiger partial charge on any atom is 0.251 e. The maximum atomic E-state index is 13.6. The molecular weight excluding hydrogens is 339 g/mol. The summed E-state index contributed by atoms with van der Waals surface area (Å²) >= 11 is 2.81. The van der Waals surface area contributed by atoms with Crippen molar-refractivity contribution in [2.75, 3.05) is 6.54 Å². The highest BCUT2D eigenvalue weighted by Crippen LogP contribution is 2.28. The number of carbonyl (C=O) groups excluding carboxylic acids is 1. The molecule has 1 amide bonds. The van der Waals surface area contributed by atoms with E-state index < -0.39 is 26.6 Å². The molecule has 0 bridgehead atoms. The Morgan fingerprint density at radius 1 is 1.47 bits per heavy atom. The molecule has 1 aromatic carbocycles. The first-order valence-corrected chi connectivity index (χ1v) is 7.93. The fraction of sp³-hybridized carbons (Fsp3) is 0.364. The number of carbonyl (C=O) groups is 1. The molecule has 0 heterocycles. The predicted octanol–water partition coefficient (Wildman–Crippen LogP) is 1.38. The zero-order valence-corrected chi connectivity index (χ0v) is 12.2. The van der Waals surface area contributed by atoms with Crippen LogP contribution in [-0.4, -0.2) is 20.9 Å². The molecule has 0 spiro atoms. The summed E-state index contributed by atoms with van der Waals surface area (Å²) < 4.78 is 35.9. The second kappa shape index (κ2) is 5.18. The third-order valence-corrected chi connectivity index (χ3v) is 4.82. The Kier molecular flexibility index (Phi) is 3.93. The molecule has 1 aliphatic rings. The topological polar surface area (TPSA) is 89.3 Å². The first-order chi connectivity index (χ1) is 8.79. The van der Waals surface area contributed by atoms with Crippen molar-refractivity contribution in [2.45, 2.75) is 17.7 Å². The van der Waals surface area contributed by atoms with Crippen LogP contribution in [0.1, 0.15) is 23.2 Å². The first-order valence-electron chi connectivity index (χ1n) is 5.59. The third-order valence-electron chi connectivity index (χ3n) is 2.81. The minimum atomic E-state index is -4.10. The van der Waals surface area contributed by atoms with Gasteiger partial charge in [0.25, 0.3) is 5.91 Å². The number of nitrogens with two attached hydrogens (primary N) is 1. The van der Waals surface area contributed by atoms with Gasteiger partial charge in [-0.3, -0.25) is 4.79 Å². The molecular formula is C11H12BrFN2O3S. The summed E-state index contributed by atoms with van der Waals surface area (Å²) in [5, 5.41) is 7.60. The molecule has 2 rings (SSSR count). The minimum absolute atomic E-state index is 0.0645. The smallest absolute Gasteiger partial charge is 0.251 e. The molecule has 3 N–H and O–H groups in total. The fourth-order valence-corrected chi connectivity index (χ4v) is 3.11. The summed E-state index contributed by atoms with van der Waals surface area (Å²) in [6, 6.07) is 2.03. The van der Waals surface area contributed by atoms with Gasteiger partial charge in [0, 0.05) is 12.1 Å². The molecule has 0 aromatic heterocycles. The Balaban J connectivity index is 2.30. The molecule has 19 heavy (non-hydrogen) atoms. The van der Waals surface area contributed by atoms with Crippen LogP contribution in [-0.2, 0) is 10.0 Å². The molecule has 0 atom stereocenters. The normalized spacial score (nSPS) is 15.3. The molecule has 5 nitrogen and oxygen atoms in total. The van der Waals surface area contributed by atoms with Crippen LogP contribution in [0.2, 0.25) is 0 Å². The Morgan fingerprint density at radius 3 is 2.63 bits per heavy atom. The lowest BCUT2D eigenvalue weighted by Crippen LogP contribution is -2.26. The zero-order chi connectivity index (χ0) is 14.2. The Bertz CT molecular complexity index is 629. The van der Waals surface area contributed by atoms with Gasteiger partial charge in [0.2, 0.25) is 10.0 Å². The molecule has 1 saturated carbocycles. The van der Waals surface area contributed by atoms with Gasteiger partial charge in [-0.1, -0.05) is 0 Å². The van der Waals surface area contributed by atoms with Gasteiger partial charge in [-0.2, -0.15) is 0 Å². The van der Waals surface area contributed by atoms with Crippen LogP contribution in [0.25, 0.3) is 0 Å². The standard InChI is InChI=1S/C11H12BrFN2O3S/c12-10-8(13)3-7(4-9(10)19(14,17)18)11(16)15-5-6-1-2-6/h3-4,6H,1-2,5H2,(H,15,16)(H2,14,17,18). The summed E-state index contributed by atoms with van der Waals surface area (Å²) in [5.74, 6) is -0.881. The predicted molar refractivity (Wildman–Crippen MR) is 70.5 cm³/mol. The van der Waals surface area contributed by atoms with E-state index in [4.69, 9.17) is 5.14 Å². The summed E-state index contributed by atoms with van der Waals surface area (Å²) in [5.41, 5.74) is -0.0645. The quantitative estimate of drug-likeness (QED) is 0.859. The highest BCUT2D eigenvalue weighted by Gasteiger charge is 2.23. The van der Waals surface area contributed by atoms with E-state index in [1.54, 1.807) is 0 Å². The van der Waals surface area contributed by atoms with Gasteiger partial charge in [0.05, 0.1) is 9.37 Å². The van der Waals surface area contributed by atoms with Crippen LogP contribution < -0.4 is 10.5 Å². The highest BCUT2D eigenvalue weighted by molar-refractivity contribution is 9.10. The number of rotatable bonds is 4. The van der Waals surface area contributed by atoms with Crippen LogP contribution in [0.15, 0.2) is 21.5 Å². The average Bonchev–Trinajstić information content (AvgIpc) is 3.11. The molecule has 1 fully saturated rings. The number of halogens is 2. The van der Waals surface area contributed by atoms with Gasteiger partial charge < -0.3 is 5.32 Å². The highest BCUT2D eigenvalue weighted by atomic mass is 79.9. The Hall–Kier alpha value is -0.990. The molecule has 1 aliphatic carbocycles. The fourth-order valence-electron chi connectivity index (χ4n) is 1.56. The summed E-state index contributed by atoms with van der Waals surface area (Å²) in [6.45, 7) is 0.515. The first kappa shape index (κ1) is 14.4. The summed E-state index contributed by atoms with van der Waals surface area (Å²) in [4.78, 5) is 11.4. The van der Waals surface area contributed by atoms with E-state index >= 15 is 0 Å². The van der Waals surface area contributed by atoms with Gasteiger partial charge >= 0.3 is 0 Å². The molecule has 1 aromatic rings.